The van der Waals surface area contributed by atoms with Crippen molar-refractivity contribution < 1.29 is 10.0 Å². The Morgan fingerprint density at radius 1 is 1.38 bits per heavy atom. The fourth-order valence-corrected chi connectivity index (χ4v) is 2.68. The summed E-state index contributed by atoms with van der Waals surface area (Å²) in [4.78, 5) is 15.5. The maximum absolute atomic E-state index is 11.2. The molecule has 21 heavy (non-hydrogen) atoms. The van der Waals surface area contributed by atoms with Crippen LogP contribution in [-0.4, -0.2) is 21.6 Å². The number of hydrogen-bond acceptors (Lipinski definition) is 6. The molecule has 0 amide bonds. The Morgan fingerprint density at radius 2 is 2.19 bits per heavy atom. The highest BCUT2D eigenvalue weighted by atomic mass is 32.2. The quantitative estimate of drug-likeness (QED) is 0.628. The number of aliphatic hydroxyl groups is 1. The van der Waals surface area contributed by atoms with Gasteiger partial charge in [-0.25, -0.2) is 4.98 Å². The summed E-state index contributed by atoms with van der Waals surface area (Å²) in [6.45, 7) is -0.0561. The van der Waals surface area contributed by atoms with Crippen LogP contribution in [0.3, 0.4) is 0 Å². The van der Waals surface area contributed by atoms with E-state index in [0.29, 0.717) is 21.9 Å². The Balaban J connectivity index is 2.31. The van der Waals surface area contributed by atoms with E-state index in [1.807, 2.05) is 6.07 Å². The lowest BCUT2D eigenvalue weighted by atomic mass is 10.0. The first-order chi connectivity index (χ1) is 10.1. The van der Waals surface area contributed by atoms with Crippen LogP contribution in [0.1, 0.15) is 18.0 Å². The number of aliphatic hydroxyl groups excluding tert-OH is 1. The van der Waals surface area contributed by atoms with Crippen molar-refractivity contribution in [3.63, 3.8) is 0 Å². The highest BCUT2D eigenvalue weighted by Crippen LogP contribution is 2.35. The van der Waals surface area contributed by atoms with Crippen molar-refractivity contribution >= 4 is 17.4 Å². The predicted octanol–water partition coefficient (Wildman–Crippen LogP) is 2.52. The Kier molecular flexibility index (Phi) is 5.26. The number of hydrogen-bond donors (Lipinski definition) is 2. The van der Waals surface area contributed by atoms with E-state index in [4.69, 9.17) is 10.8 Å². The SMILES string of the molecule is NC(CCO)c1ccc(Sc2ccccn2)c([N+](=O)[O-])c1. The molecule has 1 atom stereocenters. The van der Waals surface area contributed by atoms with Crippen molar-refractivity contribution in [1.82, 2.24) is 4.98 Å². The molecule has 6 nitrogen and oxygen atoms in total. The molecule has 0 spiro atoms. The molecule has 1 aromatic carbocycles. The molecule has 0 aliphatic carbocycles. The first-order valence-corrected chi connectivity index (χ1v) is 7.17. The van der Waals surface area contributed by atoms with E-state index in [1.165, 1.54) is 17.8 Å². The van der Waals surface area contributed by atoms with Crippen LogP contribution < -0.4 is 5.73 Å². The van der Waals surface area contributed by atoms with Gasteiger partial charge in [-0.2, -0.15) is 0 Å². The minimum absolute atomic E-state index is 0.00320. The van der Waals surface area contributed by atoms with Gasteiger partial charge in [0.2, 0.25) is 0 Å². The number of nitro benzene ring substituents is 1. The van der Waals surface area contributed by atoms with Gasteiger partial charge in [-0.3, -0.25) is 10.1 Å². The number of rotatable bonds is 6. The molecule has 1 unspecified atom stereocenters. The molecule has 0 bridgehead atoms. The minimum atomic E-state index is -0.430. The standard InChI is InChI=1S/C14H15N3O3S/c15-11(6-8-18)10-4-5-13(12(9-10)17(19)20)21-14-3-1-2-7-16-14/h1-5,7,9,11,18H,6,8,15H2. The average molecular weight is 305 g/mol. The number of nitro groups is 1. The number of nitrogens with two attached hydrogens (primary N) is 1. The fourth-order valence-electron chi connectivity index (χ4n) is 1.82. The fraction of sp³-hybridized carbons (Fsp3) is 0.214. The van der Waals surface area contributed by atoms with Gasteiger partial charge in [0.1, 0.15) is 5.03 Å². The predicted molar refractivity (Wildman–Crippen MR) is 80.1 cm³/mol. The highest BCUT2D eigenvalue weighted by Gasteiger charge is 2.18. The second-order valence-corrected chi connectivity index (χ2v) is 5.44. The van der Waals surface area contributed by atoms with Gasteiger partial charge >= 0.3 is 0 Å². The normalized spacial score (nSPS) is 12.1. The van der Waals surface area contributed by atoms with Crippen LogP contribution in [-0.2, 0) is 0 Å². The third-order valence-electron chi connectivity index (χ3n) is 2.90. The van der Waals surface area contributed by atoms with Gasteiger partial charge in [0.05, 0.1) is 9.82 Å². The van der Waals surface area contributed by atoms with E-state index in [2.05, 4.69) is 4.98 Å². The van der Waals surface area contributed by atoms with Crippen LogP contribution in [0.25, 0.3) is 0 Å². The van der Waals surface area contributed by atoms with Gasteiger partial charge < -0.3 is 10.8 Å². The molecular weight excluding hydrogens is 290 g/mol. The van der Waals surface area contributed by atoms with Gasteiger partial charge in [-0.15, -0.1) is 0 Å². The molecule has 0 aliphatic rings. The van der Waals surface area contributed by atoms with Crippen LogP contribution in [0.4, 0.5) is 5.69 Å². The lowest BCUT2D eigenvalue weighted by Crippen LogP contribution is -2.12. The third-order valence-corrected chi connectivity index (χ3v) is 3.92. The smallest absolute Gasteiger partial charge is 0.283 e. The summed E-state index contributed by atoms with van der Waals surface area (Å²) in [5.74, 6) is 0. The van der Waals surface area contributed by atoms with E-state index in [9.17, 15) is 10.1 Å². The van der Waals surface area contributed by atoms with E-state index in [1.54, 1.807) is 30.5 Å². The maximum Gasteiger partial charge on any atom is 0.283 e. The molecular formula is C14H15N3O3S. The van der Waals surface area contributed by atoms with Crippen LogP contribution in [0.5, 0.6) is 0 Å². The zero-order chi connectivity index (χ0) is 15.2. The molecule has 110 valence electrons. The Labute approximate surface area is 126 Å². The summed E-state index contributed by atoms with van der Waals surface area (Å²) >= 11 is 1.23. The number of nitrogens with zero attached hydrogens (tertiary/aromatic N) is 2. The first-order valence-electron chi connectivity index (χ1n) is 6.35. The number of pyridine rings is 1. The van der Waals surface area contributed by atoms with Gasteiger partial charge in [0.15, 0.2) is 0 Å². The largest absolute Gasteiger partial charge is 0.396 e. The van der Waals surface area contributed by atoms with Gasteiger partial charge in [0, 0.05) is 24.9 Å². The summed E-state index contributed by atoms with van der Waals surface area (Å²) in [7, 11) is 0. The minimum Gasteiger partial charge on any atom is -0.396 e. The molecule has 2 aromatic rings. The maximum atomic E-state index is 11.2. The molecule has 0 fully saturated rings. The number of aromatic nitrogens is 1. The molecule has 2 rings (SSSR count). The molecule has 0 radical (unpaired) electrons. The summed E-state index contributed by atoms with van der Waals surface area (Å²) < 4.78 is 0. The lowest BCUT2D eigenvalue weighted by Gasteiger charge is -2.11. The molecule has 7 heteroatoms. The van der Waals surface area contributed by atoms with Crippen LogP contribution >= 0.6 is 11.8 Å². The first kappa shape index (κ1) is 15.4. The summed E-state index contributed by atoms with van der Waals surface area (Å²) in [5.41, 5.74) is 6.51. The lowest BCUT2D eigenvalue weighted by molar-refractivity contribution is -0.387. The molecule has 0 saturated carbocycles. The topological polar surface area (TPSA) is 102 Å². The van der Waals surface area contributed by atoms with Crippen LogP contribution in [0.15, 0.2) is 52.5 Å². The van der Waals surface area contributed by atoms with E-state index >= 15 is 0 Å². The van der Waals surface area contributed by atoms with Crippen molar-refractivity contribution in [2.45, 2.75) is 22.4 Å². The Morgan fingerprint density at radius 3 is 2.81 bits per heavy atom. The van der Waals surface area contributed by atoms with Crippen molar-refractivity contribution in [3.05, 3.63) is 58.3 Å². The molecule has 0 saturated heterocycles. The second-order valence-electron chi connectivity index (χ2n) is 4.37. The van der Waals surface area contributed by atoms with Crippen molar-refractivity contribution in [2.75, 3.05) is 6.61 Å². The Bertz CT molecular complexity index is 622. The Hall–Kier alpha value is -1.96. The molecule has 1 aromatic heterocycles. The summed E-state index contributed by atoms with van der Waals surface area (Å²) in [6, 6.07) is 9.87. The average Bonchev–Trinajstić information content (AvgIpc) is 2.48. The second kappa shape index (κ2) is 7.16. The molecule has 3 N–H and O–H groups in total. The van der Waals surface area contributed by atoms with Crippen molar-refractivity contribution in [1.29, 1.82) is 0 Å². The third kappa shape index (κ3) is 4.01. The highest BCUT2D eigenvalue weighted by molar-refractivity contribution is 7.99. The molecule has 1 heterocycles. The summed E-state index contributed by atoms with van der Waals surface area (Å²) in [6.07, 6.45) is 2.00. The summed E-state index contributed by atoms with van der Waals surface area (Å²) in [5, 5.41) is 20.8. The zero-order valence-corrected chi connectivity index (χ0v) is 12.0. The van der Waals surface area contributed by atoms with Gasteiger partial charge in [-0.05, 0) is 30.2 Å². The molecule has 0 aliphatic heterocycles. The van der Waals surface area contributed by atoms with Crippen molar-refractivity contribution in [3.8, 4) is 0 Å². The van der Waals surface area contributed by atoms with Crippen LogP contribution in [0, 0.1) is 10.1 Å². The van der Waals surface area contributed by atoms with Crippen LogP contribution in [0.2, 0.25) is 0 Å². The monoisotopic (exact) mass is 305 g/mol. The zero-order valence-electron chi connectivity index (χ0n) is 11.2. The van der Waals surface area contributed by atoms with E-state index in [0.717, 1.165) is 0 Å². The van der Waals surface area contributed by atoms with Gasteiger partial charge in [0.25, 0.3) is 5.69 Å². The van der Waals surface area contributed by atoms with E-state index in [-0.39, 0.29) is 12.3 Å². The van der Waals surface area contributed by atoms with Gasteiger partial charge in [-0.1, -0.05) is 23.9 Å². The van der Waals surface area contributed by atoms with Crippen molar-refractivity contribution in [2.24, 2.45) is 5.73 Å². The van der Waals surface area contributed by atoms with E-state index < -0.39 is 11.0 Å². The number of benzene rings is 1.